The molecule has 0 spiro atoms. The Kier molecular flexibility index (Phi) is 3.90. The lowest BCUT2D eigenvalue weighted by Crippen LogP contribution is -2.04. The van der Waals surface area contributed by atoms with Gasteiger partial charge in [-0.1, -0.05) is 23.2 Å². The smallest absolute Gasteiger partial charge is 0.182 e. The summed E-state index contributed by atoms with van der Waals surface area (Å²) in [5.41, 5.74) is 5.27. The maximum absolute atomic E-state index is 6.41. The van der Waals surface area contributed by atoms with Crippen LogP contribution in [0.4, 0.5) is 0 Å². The minimum absolute atomic E-state index is 0.506. The van der Waals surface area contributed by atoms with Gasteiger partial charge in [0.15, 0.2) is 5.82 Å². The van der Waals surface area contributed by atoms with Crippen molar-refractivity contribution in [1.82, 2.24) is 24.7 Å². The Hall–Kier alpha value is -2.50. The molecule has 4 aromatic rings. The van der Waals surface area contributed by atoms with Gasteiger partial charge in [-0.3, -0.25) is 0 Å². The predicted octanol–water partition coefficient (Wildman–Crippen LogP) is 4.80. The molecular weight excluding hydrogens is 357 g/mol. The van der Waals surface area contributed by atoms with Crippen molar-refractivity contribution < 1.29 is 0 Å². The van der Waals surface area contributed by atoms with Crippen LogP contribution in [0, 0.1) is 13.8 Å². The number of aryl methyl sites for hydroxylation is 2. The highest BCUT2D eigenvalue weighted by molar-refractivity contribution is 6.36. The number of halogens is 2. The van der Waals surface area contributed by atoms with Crippen molar-refractivity contribution in [3.63, 3.8) is 0 Å². The molecule has 5 nitrogen and oxygen atoms in total. The van der Waals surface area contributed by atoms with Gasteiger partial charge in [-0.15, -0.1) is 0 Å². The molecule has 0 unspecified atom stereocenters. The molecule has 0 bridgehead atoms. The van der Waals surface area contributed by atoms with Gasteiger partial charge < -0.3 is 0 Å². The minimum Gasteiger partial charge on any atom is -0.242 e. The number of nitrogens with zero attached hydrogens (tertiary/aromatic N) is 5. The summed E-state index contributed by atoms with van der Waals surface area (Å²) in [6.45, 7) is 4.10. The van der Waals surface area contributed by atoms with Crippen molar-refractivity contribution in [3.8, 4) is 17.1 Å². The lowest BCUT2D eigenvalue weighted by atomic mass is 10.1. The summed E-state index contributed by atoms with van der Waals surface area (Å²) in [6.07, 6.45) is 3.05. The first kappa shape index (κ1) is 16.0. The molecule has 0 atom stereocenters. The Balaban J connectivity index is 2.06. The predicted molar refractivity (Wildman–Crippen MR) is 99.4 cm³/mol. The Labute approximate surface area is 154 Å². The molecule has 0 aliphatic rings. The molecule has 4 rings (SSSR count). The number of aromatic nitrogens is 5. The van der Waals surface area contributed by atoms with Gasteiger partial charge in [-0.2, -0.15) is 5.10 Å². The Bertz CT molecular complexity index is 1090. The zero-order valence-corrected chi connectivity index (χ0v) is 15.0. The molecule has 0 aliphatic heterocycles. The standard InChI is InChI=1S/C18H13Cl2N5/c1-10-5-15-16(6-11(10)2)24-18(25-9-21-8-22-25)17(23-15)13-4-3-12(19)7-14(13)20/h3-9H,1-2H3. The summed E-state index contributed by atoms with van der Waals surface area (Å²) >= 11 is 12.4. The van der Waals surface area contributed by atoms with E-state index in [0.717, 1.165) is 27.7 Å². The molecule has 25 heavy (non-hydrogen) atoms. The summed E-state index contributed by atoms with van der Waals surface area (Å²) in [7, 11) is 0. The summed E-state index contributed by atoms with van der Waals surface area (Å²) in [6, 6.07) is 9.35. The molecule has 0 saturated heterocycles. The third-order valence-corrected chi connectivity index (χ3v) is 4.63. The second kappa shape index (κ2) is 6.10. The fourth-order valence-corrected chi connectivity index (χ4v) is 3.14. The van der Waals surface area contributed by atoms with Crippen molar-refractivity contribution in [2.24, 2.45) is 0 Å². The highest BCUT2D eigenvalue weighted by atomic mass is 35.5. The highest BCUT2D eigenvalue weighted by Crippen LogP contribution is 2.33. The fraction of sp³-hybridized carbons (Fsp3) is 0.111. The molecule has 0 saturated carbocycles. The molecular formula is C18H13Cl2N5. The highest BCUT2D eigenvalue weighted by Gasteiger charge is 2.17. The number of benzene rings is 2. The first-order valence-electron chi connectivity index (χ1n) is 7.62. The van der Waals surface area contributed by atoms with Crippen LogP contribution >= 0.6 is 23.2 Å². The normalized spacial score (nSPS) is 11.2. The van der Waals surface area contributed by atoms with Gasteiger partial charge in [-0.25, -0.2) is 19.6 Å². The monoisotopic (exact) mass is 369 g/mol. The summed E-state index contributed by atoms with van der Waals surface area (Å²) in [5.74, 6) is 0.567. The third-order valence-electron chi connectivity index (χ3n) is 4.08. The minimum atomic E-state index is 0.506. The number of rotatable bonds is 2. The van der Waals surface area contributed by atoms with E-state index in [1.807, 2.05) is 18.2 Å². The van der Waals surface area contributed by atoms with E-state index in [-0.39, 0.29) is 0 Å². The number of fused-ring (bicyclic) bond motifs is 1. The third kappa shape index (κ3) is 2.86. The maximum Gasteiger partial charge on any atom is 0.182 e. The van der Waals surface area contributed by atoms with E-state index >= 15 is 0 Å². The van der Waals surface area contributed by atoms with Gasteiger partial charge in [0, 0.05) is 10.6 Å². The van der Waals surface area contributed by atoms with Crippen LogP contribution in [0.3, 0.4) is 0 Å². The number of hydrogen-bond acceptors (Lipinski definition) is 4. The van der Waals surface area contributed by atoms with Crippen molar-refractivity contribution in [2.75, 3.05) is 0 Å². The van der Waals surface area contributed by atoms with Crippen LogP contribution in [0.25, 0.3) is 28.1 Å². The lowest BCUT2D eigenvalue weighted by Gasteiger charge is -2.12. The first-order chi connectivity index (χ1) is 12.0. The van der Waals surface area contributed by atoms with Crippen LogP contribution in [0.2, 0.25) is 10.0 Å². The van der Waals surface area contributed by atoms with Crippen molar-refractivity contribution in [2.45, 2.75) is 13.8 Å². The van der Waals surface area contributed by atoms with Crippen LogP contribution in [-0.2, 0) is 0 Å². The van der Waals surface area contributed by atoms with Crippen LogP contribution in [0.5, 0.6) is 0 Å². The van der Waals surface area contributed by atoms with Crippen molar-refractivity contribution in [3.05, 3.63) is 64.2 Å². The molecule has 124 valence electrons. The molecule has 0 radical (unpaired) electrons. The Morgan fingerprint density at radius 1 is 0.920 bits per heavy atom. The lowest BCUT2D eigenvalue weighted by molar-refractivity contribution is 0.847. The van der Waals surface area contributed by atoms with Gasteiger partial charge in [0.2, 0.25) is 0 Å². The molecule has 2 aromatic heterocycles. The van der Waals surface area contributed by atoms with E-state index in [2.05, 4.69) is 23.9 Å². The van der Waals surface area contributed by atoms with E-state index in [0.29, 0.717) is 21.6 Å². The Morgan fingerprint density at radius 2 is 1.64 bits per heavy atom. The zero-order chi connectivity index (χ0) is 17.6. The second-order valence-corrected chi connectivity index (χ2v) is 6.63. The average Bonchev–Trinajstić information content (AvgIpc) is 3.09. The maximum atomic E-state index is 6.41. The molecule has 0 fully saturated rings. The van der Waals surface area contributed by atoms with E-state index < -0.39 is 0 Å². The average molecular weight is 370 g/mol. The largest absolute Gasteiger partial charge is 0.242 e. The van der Waals surface area contributed by atoms with Crippen LogP contribution in [0.1, 0.15) is 11.1 Å². The van der Waals surface area contributed by atoms with E-state index in [4.69, 9.17) is 33.2 Å². The molecule has 0 amide bonds. The van der Waals surface area contributed by atoms with Crippen molar-refractivity contribution >= 4 is 34.2 Å². The number of hydrogen-bond donors (Lipinski definition) is 0. The van der Waals surface area contributed by atoms with Gasteiger partial charge in [0.25, 0.3) is 0 Å². The van der Waals surface area contributed by atoms with Crippen LogP contribution in [-0.4, -0.2) is 24.7 Å². The molecule has 7 heteroatoms. The van der Waals surface area contributed by atoms with Gasteiger partial charge in [-0.05, 0) is 55.3 Å². The molecule has 2 heterocycles. The molecule has 0 aliphatic carbocycles. The Morgan fingerprint density at radius 3 is 2.28 bits per heavy atom. The van der Waals surface area contributed by atoms with Crippen LogP contribution in [0.15, 0.2) is 43.0 Å². The fourth-order valence-electron chi connectivity index (χ4n) is 2.64. The first-order valence-corrected chi connectivity index (χ1v) is 8.38. The van der Waals surface area contributed by atoms with Crippen molar-refractivity contribution in [1.29, 1.82) is 0 Å². The molecule has 2 aromatic carbocycles. The van der Waals surface area contributed by atoms with E-state index in [1.54, 1.807) is 23.1 Å². The van der Waals surface area contributed by atoms with Gasteiger partial charge in [0.1, 0.15) is 18.3 Å². The quantitative estimate of drug-likeness (QED) is 0.509. The molecule has 0 N–H and O–H groups in total. The SMILES string of the molecule is Cc1cc2nc(-c3ccc(Cl)cc3Cl)c(-n3cncn3)nc2cc1C. The van der Waals surface area contributed by atoms with Crippen LogP contribution < -0.4 is 0 Å². The van der Waals surface area contributed by atoms with Gasteiger partial charge in [0.05, 0.1) is 16.1 Å². The van der Waals surface area contributed by atoms with Gasteiger partial charge >= 0.3 is 0 Å². The topological polar surface area (TPSA) is 56.5 Å². The summed E-state index contributed by atoms with van der Waals surface area (Å²) in [5, 5.41) is 5.27. The zero-order valence-electron chi connectivity index (χ0n) is 13.5. The second-order valence-electron chi connectivity index (χ2n) is 5.79. The summed E-state index contributed by atoms with van der Waals surface area (Å²) in [4.78, 5) is 13.6. The van der Waals surface area contributed by atoms with E-state index in [9.17, 15) is 0 Å². The summed E-state index contributed by atoms with van der Waals surface area (Å²) < 4.78 is 1.59. The van der Waals surface area contributed by atoms with E-state index in [1.165, 1.54) is 6.33 Å².